The lowest BCUT2D eigenvalue weighted by Gasteiger charge is -2.11. The fourth-order valence-corrected chi connectivity index (χ4v) is 4.99. The minimum atomic E-state index is -1.38. The van der Waals surface area contributed by atoms with Crippen molar-refractivity contribution in [2.45, 2.75) is 10.3 Å². The molecule has 3 rings (SSSR count). The van der Waals surface area contributed by atoms with E-state index in [0.717, 1.165) is 0 Å². The second-order valence-electron chi connectivity index (χ2n) is 6.58. The molecule has 0 aromatic heterocycles. The van der Waals surface area contributed by atoms with E-state index in [0.29, 0.717) is 15.6 Å². The lowest BCUT2D eigenvalue weighted by Crippen LogP contribution is -2.26. The molecule has 0 saturated heterocycles. The summed E-state index contributed by atoms with van der Waals surface area (Å²) in [5, 5.41) is 5.90. The maximum Gasteiger partial charge on any atom is 0.252 e. The maximum atomic E-state index is 12.8. The third-order valence-electron chi connectivity index (χ3n) is 4.52. The second-order valence-corrected chi connectivity index (χ2v) is 9.71. The Bertz CT molecular complexity index is 997. The van der Waals surface area contributed by atoms with E-state index in [9.17, 15) is 14.0 Å². The number of hydrogen-bond donors (Lipinski definition) is 2. The molecular formula is C19H13Cl6FN2O2. The zero-order chi connectivity index (χ0) is 22.2. The Kier molecular flexibility index (Phi) is 7.33. The van der Waals surface area contributed by atoms with Crippen molar-refractivity contribution in [3.63, 3.8) is 0 Å². The van der Waals surface area contributed by atoms with Crippen LogP contribution in [-0.4, -0.2) is 29.4 Å². The van der Waals surface area contributed by atoms with Crippen LogP contribution in [0.25, 0.3) is 0 Å². The molecule has 2 N–H and O–H groups in total. The highest BCUT2D eigenvalue weighted by Crippen LogP contribution is 2.65. The van der Waals surface area contributed by atoms with Gasteiger partial charge in [0.25, 0.3) is 5.91 Å². The largest absolute Gasteiger partial charge is 0.349 e. The summed E-state index contributed by atoms with van der Waals surface area (Å²) in [5.74, 6) is -2.48. The van der Waals surface area contributed by atoms with E-state index in [1.165, 1.54) is 12.1 Å². The molecular weight excluding hydrogens is 520 g/mol. The number of alkyl halides is 3. The molecule has 30 heavy (non-hydrogen) atoms. The lowest BCUT2D eigenvalue weighted by molar-refractivity contribution is -0.117. The molecule has 4 nitrogen and oxygen atoms in total. The van der Waals surface area contributed by atoms with E-state index in [2.05, 4.69) is 10.6 Å². The average Bonchev–Trinajstić information content (AvgIpc) is 3.23. The van der Waals surface area contributed by atoms with Crippen LogP contribution in [0.3, 0.4) is 0 Å². The van der Waals surface area contributed by atoms with Crippen LogP contribution in [0.1, 0.15) is 21.8 Å². The molecule has 0 radical (unpaired) electrons. The third-order valence-corrected chi connectivity index (χ3v) is 6.52. The van der Waals surface area contributed by atoms with E-state index in [-0.39, 0.29) is 27.8 Å². The van der Waals surface area contributed by atoms with Crippen LogP contribution in [0.5, 0.6) is 0 Å². The van der Waals surface area contributed by atoms with Crippen LogP contribution in [0.2, 0.25) is 20.1 Å². The van der Waals surface area contributed by atoms with Gasteiger partial charge in [0.05, 0.1) is 27.2 Å². The van der Waals surface area contributed by atoms with Gasteiger partial charge in [0.2, 0.25) is 5.91 Å². The summed E-state index contributed by atoms with van der Waals surface area (Å²) in [6.45, 7) is -0.906. The number of nitrogens with one attached hydrogen (secondary N) is 2. The zero-order valence-corrected chi connectivity index (χ0v) is 19.5. The molecule has 0 spiro atoms. The van der Waals surface area contributed by atoms with Gasteiger partial charge < -0.3 is 10.6 Å². The standard InChI is InChI=1S/C19H13Cl6FN2O2/c20-9-3-8(4-10(21)5-9)15-16(19(15,24)25)18(30)28-14-6-11(12(22)7-13(14)23)17(29)27-2-1-26/h3-7,15-16H,1-2H2,(H,27,29)(H,28,30). The van der Waals surface area contributed by atoms with Crippen molar-refractivity contribution in [1.82, 2.24) is 5.32 Å². The number of carbonyl (C=O) groups excluding carboxylic acids is 2. The number of anilines is 1. The smallest absolute Gasteiger partial charge is 0.252 e. The van der Waals surface area contributed by atoms with Crippen molar-refractivity contribution >= 4 is 87.1 Å². The first-order chi connectivity index (χ1) is 14.1. The Morgan fingerprint density at radius 1 is 0.967 bits per heavy atom. The molecule has 2 aromatic carbocycles. The van der Waals surface area contributed by atoms with Crippen LogP contribution in [0.15, 0.2) is 30.3 Å². The molecule has 2 atom stereocenters. The average molecular weight is 533 g/mol. The second kappa shape index (κ2) is 9.27. The van der Waals surface area contributed by atoms with Gasteiger partial charge in [-0.2, -0.15) is 0 Å². The van der Waals surface area contributed by atoms with Crippen LogP contribution in [0.4, 0.5) is 10.1 Å². The highest BCUT2D eigenvalue weighted by molar-refractivity contribution is 6.53. The Labute approximate surface area is 201 Å². The molecule has 160 valence electrons. The minimum Gasteiger partial charge on any atom is -0.349 e. The molecule has 2 amide bonds. The highest BCUT2D eigenvalue weighted by Gasteiger charge is 2.67. The van der Waals surface area contributed by atoms with Gasteiger partial charge in [0.15, 0.2) is 0 Å². The molecule has 0 bridgehead atoms. The number of carbonyl (C=O) groups is 2. The highest BCUT2D eigenvalue weighted by atomic mass is 35.5. The first kappa shape index (κ1) is 23.7. The van der Waals surface area contributed by atoms with Gasteiger partial charge in [-0.25, -0.2) is 4.39 Å². The first-order valence-electron chi connectivity index (χ1n) is 8.54. The number of halogens is 7. The number of hydrogen-bond acceptors (Lipinski definition) is 2. The predicted molar refractivity (Wildman–Crippen MR) is 121 cm³/mol. The van der Waals surface area contributed by atoms with E-state index >= 15 is 0 Å². The van der Waals surface area contributed by atoms with Gasteiger partial charge >= 0.3 is 0 Å². The van der Waals surface area contributed by atoms with Crippen LogP contribution in [0, 0.1) is 5.92 Å². The van der Waals surface area contributed by atoms with Crippen LogP contribution >= 0.6 is 69.6 Å². The summed E-state index contributed by atoms with van der Waals surface area (Å²) in [6, 6.07) is 7.42. The van der Waals surface area contributed by atoms with E-state index < -0.39 is 34.7 Å². The van der Waals surface area contributed by atoms with Gasteiger partial charge in [-0.05, 0) is 35.9 Å². The number of rotatable bonds is 6. The van der Waals surface area contributed by atoms with Gasteiger partial charge in [-0.1, -0.05) is 46.4 Å². The van der Waals surface area contributed by atoms with Crippen LogP contribution in [-0.2, 0) is 4.79 Å². The van der Waals surface area contributed by atoms with Gasteiger partial charge in [-0.3, -0.25) is 9.59 Å². The van der Waals surface area contributed by atoms with E-state index in [1.807, 2.05) is 0 Å². The number of benzene rings is 2. The predicted octanol–water partition coefficient (Wildman–Crippen LogP) is 6.53. The quantitative estimate of drug-likeness (QED) is 0.416. The molecule has 1 fully saturated rings. The van der Waals surface area contributed by atoms with E-state index in [1.54, 1.807) is 18.2 Å². The fraction of sp³-hybridized carbons (Fsp3) is 0.263. The summed E-state index contributed by atoms with van der Waals surface area (Å²) < 4.78 is 10.9. The van der Waals surface area contributed by atoms with Crippen molar-refractivity contribution in [3.05, 3.63) is 61.5 Å². The van der Waals surface area contributed by atoms with E-state index in [4.69, 9.17) is 69.6 Å². The van der Waals surface area contributed by atoms with Gasteiger partial charge in [0, 0.05) is 22.5 Å². The molecule has 0 aliphatic heterocycles. The molecule has 1 saturated carbocycles. The zero-order valence-electron chi connectivity index (χ0n) is 14.9. The van der Waals surface area contributed by atoms with Gasteiger partial charge in [0.1, 0.15) is 11.0 Å². The van der Waals surface area contributed by atoms with Crippen molar-refractivity contribution < 1.29 is 14.0 Å². The molecule has 2 unspecified atom stereocenters. The monoisotopic (exact) mass is 530 g/mol. The molecule has 11 heteroatoms. The van der Waals surface area contributed by atoms with Crippen molar-refractivity contribution in [2.75, 3.05) is 18.5 Å². The molecule has 1 aliphatic carbocycles. The minimum absolute atomic E-state index is 0.0294. The molecule has 1 aliphatic rings. The normalized spacial score (nSPS) is 19.3. The third kappa shape index (κ3) is 4.93. The Hall–Kier alpha value is -0.950. The summed E-state index contributed by atoms with van der Waals surface area (Å²) in [5.41, 5.74) is 0.781. The summed E-state index contributed by atoms with van der Waals surface area (Å²) in [4.78, 5) is 25.0. The first-order valence-corrected chi connectivity index (χ1v) is 10.8. The Morgan fingerprint density at radius 3 is 2.20 bits per heavy atom. The molecule has 0 heterocycles. The summed E-state index contributed by atoms with van der Waals surface area (Å²) in [7, 11) is 0. The van der Waals surface area contributed by atoms with Crippen molar-refractivity contribution in [2.24, 2.45) is 5.92 Å². The topological polar surface area (TPSA) is 58.2 Å². The Balaban J connectivity index is 1.83. The lowest BCUT2D eigenvalue weighted by atomic mass is 10.1. The SMILES string of the molecule is O=C(NCCF)c1cc(NC(=O)C2C(c3cc(Cl)cc(Cl)c3)C2(Cl)Cl)c(Cl)cc1Cl. The fourth-order valence-electron chi connectivity index (χ4n) is 3.11. The Morgan fingerprint density at radius 2 is 1.60 bits per heavy atom. The number of amides is 2. The summed E-state index contributed by atoms with van der Waals surface area (Å²) >= 11 is 36.9. The van der Waals surface area contributed by atoms with Crippen LogP contribution < -0.4 is 10.6 Å². The molecule has 2 aromatic rings. The van der Waals surface area contributed by atoms with Crippen molar-refractivity contribution in [1.29, 1.82) is 0 Å². The summed E-state index contributed by atoms with van der Waals surface area (Å²) in [6.07, 6.45) is 0. The van der Waals surface area contributed by atoms with Crippen molar-refractivity contribution in [3.8, 4) is 0 Å². The maximum absolute atomic E-state index is 12.8. The van der Waals surface area contributed by atoms with Gasteiger partial charge in [-0.15, -0.1) is 23.2 Å².